The van der Waals surface area contributed by atoms with E-state index in [0.717, 1.165) is 24.0 Å². The zero-order valence-corrected chi connectivity index (χ0v) is 15.5. The summed E-state index contributed by atoms with van der Waals surface area (Å²) in [5, 5.41) is 9.01. The number of ether oxygens (including phenoxy) is 2. The predicted octanol–water partition coefficient (Wildman–Crippen LogP) is 4.44. The number of amides is 1. The molecule has 0 radical (unpaired) electrons. The van der Waals surface area contributed by atoms with Crippen molar-refractivity contribution in [3.05, 3.63) is 71.3 Å². The minimum atomic E-state index is -0.317. The summed E-state index contributed by atoms with van der Waals surface area (Å²) in [6.45, 7) is 3.48. The molecule has 3 rings (SSSR count). The molecule has 0 aromatic heterocycles. The number of carbonyl (C=O) groups excluding carboxylic acids is 1. The molecule has 1 saturated heterocycles. The Bertz CT molecular complexity index is 783. The summed E-state index contributed by atoms with van der Waals surface area (Å²) in [5.41, 5.74) is 2.56. The van der Waals surface area contributed by atoms with Gasteiger partial charge < -0.3 is 14.4 Å². The molecule has 140 valence electrons. The summed E-state index contributed by atoms with van der Waals surface area (Å²) >= 11 is 0. The highest BCUT2D eigenvalue weighted by Crippen LogP contribution is 2.33. The van der Waals surface area contributed by atoms with Crippen LogP contribution in [0.1, 0.15) is 42.5 Å². The molecular weight excluding hydrogens is 340 g/mol. The Morgan fingerprint density at radius 1 is 1.19 bits per heavy atom. The third-order valence-electron chi connectivity index (χ3n) is 4.82. The normalized spacial score (nSPS) is 19.3. The van der Waals surface area contributed by atoms with Crippen LogP contribution in [0.25, 0.3) is 0 Å². The van der Waals surface area contributed by atoms with Gasteiger partial charge in [0.1, 0.15) is 6.61 Å². The molecule has 5 heteroatoms. The van der Waals surface area contributed by atoms with Gasteiger partial charge in [-0.15, -0.1) is 0 Å². The molecule has 2 aromatic rings. The minimum Gasteiger partial charge on any atom is -0.445 e. The number of hydrogen-bond donors (Lipinski definition) is 0. The lowest BCUT2D eigenvalue weighted by Crippen LogP contribution is -2.43. The zero-order valence-electron chi connectivity index (χ0n) is 15.5. The monoisotopic (exact) mass is 364 g/mol. The highest BCUT2D eigenvalue weighted by atomic mass is 16.6. The third kappa shape index (κ3) is 4.87. The average Bonchev–Trinajstić information content (AvgIpc) is 2.73. The number of piperidine rings is 1. The van der Waals surface area contributed by atoms with E-state index in [1.807, 2.05) is 49.4 Å². The molecule has 1 fully saturated rings. The maximum absolute atomic E-state index is 12.8. The largest absolute Gasteiger partial charge is 0.445 e. The van der Waals surface area contributed by atoms with Crippen LogP contribution < -0.4 is 0 Å². The average molecular weight is 364 g/mol. The first-order valence-electron chi connectivity index (χ1n) is 9.30. The molecule has 0 N–H and O–H groups in total. The van der Waals surface area contributed by atoms with E-state index in [2.05, 4.69) is 6.07 Å². The van der Waals surface area contributed by atoms with Crippen LogP contribution in [0, 0.1) is 11.3 Å². The molecular formula is C22H24N2O3. The van der Waals surface area contributed by atoms with Crippen LogP contribution in [-0.2, 0) is 16.1 Å². The van der Waals surface area contributed by atoms with E-state index in [0.29, 0.717) is 18.7 Å². The van der Waals surface area contributed by atoms with Gasteiger partial charge in [-0.3, -0.25) is 0 Å². The number of carbonyl (C=O) groups is 1. The second-order valence-corrected chi connectivity index (χ2v) is 6.58. The first-order valence-corrected chi connectivity index (χ1v) is 9.30. The van der Waals surface area contributed by atoms with Crippen LogP contribution in [0.2, 0.25) is 0 Å². The summed E-state index contributed by atoms with van der Waals surface area (Å²) in [4.78, 5) is 14.5. The number of nitrogens with zero attached hydrogens (tertiary/aromatic N) is 2. The third-order valence-corrected chi connectivity index (χ3v) is 4.82. The fourth-order valence-corrected chi connectivity index (χ4v) is 3.44. The Morgan fingerprint density at radius 3 is 2.59 bits per heavy atom. The highest BCUT2D eigenvalue weighted by molar-refractivity contribution is 5.68. The lowest BCUT2D eigenvalue weighted by molar-refractivity contribution is -0.0125. The van der Waals surface area contributed by atoms with Gasteiger partial charge in [0.05, 0.1) is 23.8 Å². The topological polar surface area (TPSA) is 62.6 Å². The predicted molar refractivity (Wildman–Crippen MR) is 102 cm³/mol. The smallest absolute Gasteiger partial charge is 0.410 e. The van der Waals surface area contributed by atoms with Gasteiger partial charge in [-0.25, -0.2) is 4.79 Å². The van der Waals surface area contributed by atoms with Crippen LogP contribution >= 0.6 is 0 Å². The standard InChI is InChI=1S/C22H24N2O3/c1-2-26-20-12-13-24(22(25)27-16-18-6-4-3-5-7-18)21(14-20)19-10-8-17(15-23)9-11-19/h3-11,20-21H,2,12-14,16H2,1H3/t20-,21-/m1/s1. The van der Waals surface area contributed by atoms with Crippen molar-refractivity contribution in [1.82, 2.24) is 4.90 Å². The van der Waals surface area contributed by atoms with Crippen molar-refractivity contribution in [2.24, 2.45) is 0 Å². The van der Waals surface area contributed by atoms with Crippen molar-refractivity contribution in [1.29, 1.82) is 5.26 Å². The SMILES string of the molecule is CCO[C@@H]1CCN(C(=O)OCc2ccccc2)[C@@H](c2ccc(C#N)cc2)C1. The van der Waals surface area contributed by atoms with Crippen LogP contribution in [-0.4, -0.2) is 30.2 Å². The van der Waals surface area contributed by atoms with Gasteiger partial charge >= 0.3 is 6.09 Å². The first-order chi connectivity index (χ1) is 13.2. The van der Waals surface area contributed by atoms with Gasteiger partial charge in [-0.05, 0) is 43.0 Å². The van der Waals surface area contributed by atoms with Crippen molar-refractivity contribution >= 4 is 6.09 Å². The molecule has 27 heavy (non-hydrogen) atoms. The maximum atomic E-state index is 12.8. The van der Waals surface area contributed by atoms with E-state index in [4.69, 9.17) is 14.7 Å². The highest BCUT2D eigenvalue weighted by Gasteiger charge is 2.34. The minimum absolute atomic E-state index is 0.119. The fourth-order valence-electron chi connectivity index (χ4n) is 3.44. The molecule has 2 atom stereocenters. The van der Waals surface area contributed by atoms with Crippen molar-refractivity contribution in [2.45, 2.75) is 38.5 Å². The molecule has 0 bridgehead atoms. The summed E-state index contributed by atoms with van der Waals surface area (Å²) in [6.07, 6.45) is 1.32. The van der Waals surface area contributed by atoms with Gasteiger partial charge in [0, 0.05) is 13.2 Å². The number of nitriles is 1. The maximum Gasteiger partial charge on any atom is 0.410 e. The molecule has 1 aliphatic rings. The van der Waals surface area contributed by atoms with Crippen LogP contribution in [0.5, 0.6) is 0 Å². The van der Waals surface area contributed by atoms with Crippen molar-refractivity contribution < 1.29 is 14.3 Å². The van der Waals surface area contributed by atoms with Crippen molar-refractivity contribution in [2.75, 3.05) is 13.2 Å². The fraction of sp³-hybridized carbons (Fsp3) is 0.364. The number of benzene rings is 2. The summed E-state index contributed by atoms with van der Waals surface area (Å²) in [7, 11) is 0. The molecule has 0 saturated carbocycles. The van der Waals surface area contributed by atoms with Gasteiger partial charge in [-0.1, -0.05) is 42.5 Å². The molecule has 1 heterocycles. The zero-order chi connectivity index (χ0) is 19.1. The van der Waals surface area contributed by atoms with E-state index >= 15 is 0 Å². The Labute approximate surface area is 160 Å². The molecule has 0 unspecified atom stereocenters. The summed E-state index contributed by atoms with van der Waals surface area (Å²) < 4.78 is 11.4. The van der Waals surface area contributed by atoms with Gasteiger partial charge in [-0.2, -0.15) is 5.26 Å². The number of rotatable bonds is 5. The van der Waals surface area contributed by atoms with Crippen molar-refractivity contribution in [3.8, 4) is 6.07 Å². The van der Waals surface area contributed by atoms with E-state index in [1.165, 1.54) is 0 Å². The summed E-state index contributed by atoms with van der Waals surface area (Å²) in [6, 6.07) is 19.1. The second kappa shape index (κ2) is 9.20. The molecule has 2 aromatic carbocycles. The van der Waals surface area contributed by atoms with E-state index < -0.39 is 0 Å². The number of hydrogen-bond acceptors (Lipinski definition) is 4. The molecule has 1 aliphatic heterocycles. The van der Waals surface area contributed by atoms with Gasteiger partial charge in [0.25, 0.3) is 0 Å². The Balaban J connectivity index is 1.73. The molecule has 5 nitrogen and oxygen atoms in total. The van der Waals surface area contributed by atoms with Crippen LogP contribution in [0.4, 0.5) is 4.79 Å². The van der Waals surface area contributed by atoms with E-state index in [-0.39, 0.29) is 24.8 Å². The second-order valence-electron chi connectivity index (χ2n) is 6.58. The Morgan fingerprint density at radius 2 is 1.93 bits per heavy atom. The number of likely N-dealkylation sites (tertiary alicyclic amines) is 1. The Kier molecular flexibility index (Phi) is 6.45. The molecule has 0 spiro atoms. The van der Waals surface area contributed by atoms with Crippen LogP contribution in [0.15, 0.2) is 54.6 Å². The molecule has 0 aliphatic carbocycles. The summed E-state index contributed by atoms with van der Waals surface area (Å²) in [5.74, 6) is 0. The quantitative estimate of drug-likeness (QED) is 0.787. The van der Waals surface area contributed by atoms with Crippen molar-refractivity contribution in [3.63, 3.8) is 0 Å². The Hall–Kier alpha value is -2.84. The lowest BCUT2D eigenvalue weighted by Gasteiger charge is -2.38. The lowest BCUT2D eigenvalue weighted by atomic mass is 9.93. The van der Waals surface area contributed by atoms with Gasteiger partial charge in [0.15, 0.2) is 0 Å². The van der Waals surface area contributed by atoms with Gasteiger partial charge in [0.2, 0.25) is 0 Å². The van der Waals surface area contributed by atoms with E-state index in [1.54, 1.807) is 17.0 Å². The molecule has 1 amide bonds. The first kappa shape index (κ1) is 18.9. The van der Waals surface area contributed by atoms with E-state index in [9.17, 15) is 4.79 Å². The van der Waals surface area contributed by atoms with Crippen LogP contribution in [0.3, 0.4) is 0 Å².